The molecule has 1 aromatic heterocycles. The van der Waals surface area contributed by atoms with Crippen molar-refractivity contribution < 1.29 is 13.2 Å². The first-order chi connectivity index (χ1) is 12.4. The van der Waals surface area contributed by atoms with Crippen LogP contribution in [0.25, 0.3) is 0 Å². The Balaban J connectivity index is 0.00000364. The van der Waals surface area contributed by atoms with Gasteiger partial charge in [0, 0.05) is 52.5 Å². The summed E-state index contributed by atoms with van der Waals surface area (Å²) in [7, 11) is 2.14. The van der Waals surface area contributed by atoms with E-state index in [4.69, 9.17) is 4.74 Å². The molecule has 1 fully saturated rings. The molecule has 0 radical (unpaired) electrons. The second kappa shape index (κ2) is 11.2. The van der Waals surface area contributed by atoms with Crippen LogP contribution < -0.4 is 5.32 Å². The van der Waals surface area contributed by atoms with Crippen molar-refractivity contribution in [1.82, 2.24) is 24.3 Å². The third kappa shape index (κ3) is 6.88. The van der Waals surface area contributed by atoms with E-state index in [1.807, 2.05) is 19.4 Å². The Morgan fingerprint density at radius 3 is 2.85 bits per heavy atom. The molecule has 0 spiro atoms. The van der Waals surface area contributed by atoms with Gasteiger partial charge in [-0.15, -0.1) is 24.0 Å². The molecule has 9 nitrogen and oxygen atoms in total. The van der Waals surface area contributed by atoms with Crippen LogP contribution in [0.15, 0.2) is 17.4 Å². The van der Waals surface area contributed by atoms with E-state index in [1.165, 1.54) is 4.31 Å². The molecule has 0 aliphatic carbocycles. The summed E-state index contributed by atoms with van der Waals surface area (Å²) >= 11 is 0. The number of halogens is 1. The fourth-order valence-electron chi connectivity index (χ4n) is 2.84. The summed E-state index contributed by atoms with van der Waals surface area (Å²) in [6.07, 6.45) is 4.48. The number of rotatable bonds is 7. The van der Waals surface area contributed by atoms with Gasteiger partial charge in [-0.25, -0.2) is 12.7 Å². The van der Waals surface area contributed by atoms with Crippen LogP contribution in [0.3, 0.4) is 0 Å². The van der Waals surface area contributed by atoms with Gasteiger partial charge in [-0.05, 0) is 13.3 Å². The topological polar surface area (TPSA) is 92.1 Å². The normalized spacial score (nSPS) is 18.5. The van der Waals surface area contributed by atoms with Crippen molar-refractivity contribution in [3.8, 4) is 0 Å². The SMILES string of the molecule is CCS(=O)(=O)N(C)CCCNC(=NC)N1CCOC(c2cnn(C)c2)C1.I. The van der Waals surface area contributed by atoms with E-state index in [-0.39, 0.29) is 35.8 Å². The van der Waals surface area contributed by atoms with Crippen LogP contribution in [0.4, 0.5) is 0 Å². The van der Waals surface area contributed by atoms with Gasteiger partial charge >= 0.3 is 0 Å². The van der Waals surface area contributed by atoms with Gasteiger partial charge < -0.3 is 15.0 Å². The first-order valence-corrected chi connectivity index (χ1v) is 10.5. The van der Waals surface area contributed by atoms with Crippen molar-refractivity contribution in [3.63, 3.8) is 0 Å². The maximum Gasteiger partial charge on any atom is 0.213 e. The lowest BCUT2D eigenvalue weighted by Gasteiger charge is -2.34. The molecule has 1 atom stereocenters. The molecular weight excluding hydrogens is 483 g/mol. The predicted octanol–water partition coefficient (Wildman–Crippen LogP) is 0.658. The minimum absolute atomic E-state index is 0. The van der Waals surface area contributed by atoms with E-state index in [1.54, 1.807) is 25.7 Å². The van der Waals surface area contributed by atoms with E-state index in [2.05, 4.69) is 20.3 Å². The van der Waals surface area contributed by atoms with Crippen molar-refractivity contribution in [1.29, 1.82) is 0 Å². The fraction of sp³-hybridized carbons (Fsp3) is 0.750. The number of nitrogens with zero attached hydrogens (tertiary/aromatic N) is 5. The second-order valence-electron chi connectivity index (χ2n) is 6.30. The smallest absolute Gasteiger partial charge is 0.213 e. The van der Waals surface area contributed by atoms with Crippen LogP contribution in [0, 0.1) is 0 Å². The maximum atomic E-state index is 11.8. The molecule has 1 saturated heterocycles. The molecule has 11 heteroatoms. The molecule has 1 unspecified atom stereocenters. The summed E-state index contributed by atoms with van der Waals surface area (Å²) < 4.78 is 32.5. The first kappa shape index (κ1) is 24.1. The summed E-state index contributed by atoms with van der Waals surface area (Å²) in [5, 5.41) is 7.52. The first-order valence-electron chi connectivity index (χ1n) is 8.87. The second-order valence-corrected chi connectivity index (χ2v) is 8.67. The van der Waals surface area contributed by atoms with Crippen LogP contribution in [0.1, 0.15) is 25.0 Å². The lowest BCUT2D eigenvalue weighted by atomic mass is 10.1. The van der Waals surface area contributed by atoms with Crippen molar-refractivity contribution in [2.75, 3.05) is 52.6 Å². The Hall–Kier alpha value is -0.920. The van der Waals surface area contributed by atoms with E-state index in [0.717, 1.165) is 18.1 Å². The molecule has 0 bridgehead atoms. The van der Waals surface area contributed by atoms with Gasteiger partial charge in [-0.1, -0.05) is 0 Å². The van der Waals surface area contributed by atoms with E-state index < -0.39 is 10.0 Å². The van der Waals surface area contributed by atoms with Crippen molar-refractivity contribution in [2.24, 2.45) is 12.0 Å². The number of hydrogen-bond acceptors (Lipinski definition) is 5. The highest BCUT2D eigenvalue weighted by atomic mass is 127. The molecule has 27 heavy (non-hydrogen) atoms. The standard InChI is InChI=1S/C16H30N6O3S.HI/c1-5-26(23,24)21(4)8-6-7-18-16(17-2)22-9-10-25-15(13-22)14-11-19-20(3)12-14;/h11-12,15H,5-10,13H2,1-4H3,(H,17,18);1H. The Labute approximate surface area is 179 Å². The number of aromatic nitrogens is 2. The number of sulfonamides is 1. The Morgan fingerprint density at radius 2 is 2.26 bits per heavy atom. The molecular formula is C16H31IN6O3S. The summed E-state index contributed by atoms with van der Waals surface area (Å²) in [6, 6.07) is 0. The lowest BCUT2D eigenvalue weighted by molar-refractivity contribution is -0.00802. The molecule has 0 amide bonds. The molecule has 2 heterocycles. The molecule has 0 saturated carbocycles. The van der Waals surface area contributed by atoms with Gasteiger partial charge in [0.05, 0.1) is 25.1 Å². The summed E-state index contributed by atoms with van der Waals surface area (Å²) in [4.78, 5) is 6.51. The molecule has 1 N–H and O–H groups in total. The number of aliphatic imine (C=N–C) groups is 1. The number of aryl methyl sites for hydroxylation is 1. The number of ether oxygens (including phenoxy) is 1. The van der Waals surface area contributed by atoms with Crippen LogP contribution in [0.5, 0.6) is 0 Å². The molecule has 1 aliphatic heterocycles. The zero-order valence-corrected chi connectivity index (χ0v) is 19.6. The number of morpholine rings is 1. The van der Waals surface area contributed by atoms with Gasteiger partial charge in [0.1, 0.15) is 6.10 Å². The quantitative estimate of drug-likeness (QED) is 0.249. The third-order valence-corrected chi connectivity index (χ3v) is 6.31. The minimum Gasteiger partial charge on any atom is -0.370 e. The molecule has 1 aliphatic rings. The fourth-order valence-corrected chi connectivity index (χ4v) is 3.69. The Morgan fingerprint density at radius 1 is 1.52 bits per heavy atom. The molecule has 1 aromatic rings. The molecule has 0 aromatic carbocycles. The van der Waals surface area contributed by atoms with Gasteiger partial charge in [0.2, 0.25) is 10.0 Å². The average molecular weight is 514 g/mol. The van der Waals surface area contributed by atoms with Gasteiger partial charge in [0.25, 0.3) is 0 Å². The summed E-state index contributed by atoms with van der Waals surface area (Å²) in [5.74, 6) is 0.936. The minimum atomic E-state index is -3.12. The summed E-state index contributed by atoms with van der Waals surface area (Å²) in [6.45, 7) is 4.89. The Kier molecular flexibility index (Phi) is 9.98. The number of hydrogen-bond donors (Lipinski definition) is 1. The highest BCUT2D eigenvalue weighted by molar-refractivity contribution is 14.0. The highest BCUT2D eigenvalue weighted by Gasteiger charge is 2.25. The summed E-state index contributed by atoms with van der Waals surface area (Å²) in [5.41, 5.74) is 1.05. The zero-order chi connectivity index (χ0) is 19.2. The van der Waals surface area contributed by atoms with Gasteiger partial charge in [0.15, 0.2) is 5.96 Å². The molecule has 156 valence electrons. The monoisotopic (exact) mass is 514 g/mol. The van der Waals surface area contributed by atoms with Crippen molar-refractivity contribution in [2.45, 2.75) is 19.4 Å². The zero-order valence-electron chi connectivity index (χ0n) is 16.5. The van der Waals surface area contributed by atoms with Crippen molar-refractivity contribution >= 4 is 40.0 Å². The highest BCUT2D eigenvalue weighted by Crippen LogP contribution is 2.21. The van der Waals surface area contributed by atoms with E-state index >= 15 is 0 Å². The van der Waals surface area contributed by atoms with Crippen LogP contribution in [-0.4, -0.2) is 86.0 Å². The Bertz CT molecular complexity index is 709. The number of guanidine groups is 1. The maximum absolute atomic E-state index is 11.8. The van der Waals surface area contributed by atoms with Crippen LogP contribution in [-0.2, 0) is 21.8 Å². The van der Waals surface area contributed by atoms with Crippen LogP contribution in [0.2, 0.25) is 0 Å². The van der Waals surface area contributed by atoms with Crippen molar-refractivity contribution in [3.05, 3.63) is 18.0 Å². The molecule has 2 rings (SSSR count). The van der Waals surface area contributed by atoms with Gasteiger partial charge in [-0.2, -0.15) is 5.10 Å². The van der Waals surface area contributed by atoms with Crippen LogP contribution >= 0.6 is 24.0 Å². The predicted molar refractivity (Wildman–Crippen MR) is 117 cm³/mol. The lowest BCUT2D eigenvalue weighted by Crippen LogP contribution is -2.48. The van der Waals surface area contributed by atoms with Gasteiger partial charge in [-0.3, -0.25) is 9.67 Å². The van der Waals surface area contributed by atoms with E-state index in [9.17, 15) is 8.42 Å². The average Bonchev–Trinajstić information content (AvgIpc) is 3.08. The van der Waals surface area contributed by atoms with E-state index in [0.29, 0.717) is 32.7 Å². The number of nitrogens with one attached hydrogen (secondary N) is 1. The largest absolute Gasteiger partial charge is 0.370 e. The third-order valence-electron chi connectivity index (χ3n) is 4.45.